The summed E-state index contributed by atoms with van der Waals surface area (Å²) in [5.41, 5.74) is 0. The third kappa shape index (κ3) is 4.67. The van der Waals surface area contributed by atoms with Gasteiger partial charge in [0.1, 0.15) is 0 Å². The molecule has 0 aromatic rings. The van der Waals surface area contributed by atoms with E-state index in [0.29, 0.717) is 6.04 Å². The minimum atomic E-state index is 0.654. The Hall–Kier alpha value is 0.0500. The first-order valence-electron chi connectivity index (χ1n) is 7.34. The fraction of sp³-hybridized carbons (Fsp3) is 0.867. The molecule has 17 heavy (non-hydrogen) atoms. The van der Waals surface area contributed by atoms with E-state index in [1.54, 1.807) is 0 Å². The van der Waals surface area contributed by atoms with Gasteiger partial charge in [-0.25, -0.2) is 0 Å². The second-order valence-corrected chi connectivity index (χ2v) is 6.70. The van der Waals surface area contributed by atoms with E-state index in [0.717, 1.165) is 11.3 Å². The molecule has 2 heteroatoms. The van der Waals surface area contributed by atoms with E-state index >= 15 is 0 Å². The van der Waals surface area contributed by atoms with Crippen LogP contribution in [-0.2, 0) is 0 Å². The van der Waals surface area contributed by atoms with E-state index in [9.17, 15) is 0 Å². The molecule has 2 aliphatic carbocycles. The normalized spacial score (nSPS) is 37.1. The first kappa shape index (κ1) is 13.5. The van der Waals surface area contributed by atoms with Gasteiger partial charge in [0.05, 0.1) is 0 Å². The minimum absolute atomic E-state index is 0.654. The number of rotatable bonds is 3. The van der Waals surface area contributed by atoms with Crippen LogP contribution in [0.15, 0.2) is 12.2 Å². The molecule has 1 fully saturated rings. The van der Waals surface area contributed by atoms with Gasteiger partial charge in [0.2, 0.25) is 0 Å². The van der Waals surface area contributed by atoms with E-state index in [-0.39, 0.29) is 0 Å². The maximum atomic E-state index is 3.89. The predicted molar refractivity (Wildman–Crippen MR) is 78.7 cm³/mol. The quantitative estimate of drug-likeness (QED) is 0.759. The van der Waals surface area contributed by atoms with Crippen molar-refractivity contribution in [3.63, 3.8) is 0 Å². The van der Waals surface area contributed by atoms with Crippen LogP contribution in [0.5, 0.6) is 0 Å². The summed E-state index contributed by atoms with van der Waals surface area (Å²) in [6.45, 7) is 0. The number of allylic oxidation sites excluding steroid dienone is 1. The Morgan fingerprint density at radius 2 is 2.00 bits per heavy atom. The maximum Gasteiger partial charge on any atom is 0.0252 e. The van der Waals surface area contributed by atoms with Crippen LogP contribution in [-0.4, -0.2) is 23.6 Å². The fourth-order valence-electron chi connectivity index (χ4n) is 3.11. The second kappa shape index (κ2) is 7.48. The van der Waals surface area contributed by atoms with Gasteiger partial charge in [-0.3, -0.25) is 0 Å². The molecule has 1 N–H and O–H groups in total. The summed E-state index contributed by atoms with van der Waals surface area (Å²) in [6.07, 6.45) is 19.6. The molecule has 2 aliphatic rings. The number of hydrogen-bond acceptors (Lipinski definition) is 2. The molecule has 0 bridgehead atoms. The predicted octanol–water partition coefficient (Wildman–Crippen LogP) is 4.14. The second-order valence-electron chi connectivity index (χ2n) is 5.56. The molecule has 98 valence electrons. The van der Waals surface area contributed by atoms with Crippen molar-refractivity contribution in [3.05, 3.63) is 12.2 Å². The SMILES string of the molecule is CSC1CCCC(NC2/C=C/CCCCC2)C1. The Bertz CT molecular complexity index is 239. The molecule has 1 nitrogen and oxygen atoms in total. The highest BCUT2D eigenvalue weighted by molar-refractivity contribution is 7.99. The third-order valence-electron chi connectivity index (χ3n) is 4.16. The fourth-order valence-corrected chi connectivity index (χ4v) is 3.94. The summed E-state index contributed by atoms with van der Waals surface area (Å²) in [5.74, 6) is 0. The summed E-state index contributed by atoms with van der Waals surface area (Å²) in [4.78, 5) is 0. The summed E-state index contributed by atoms with van der Waals surface area (Å²) in [6, 6.07) is 1.43. The molecule has 0 aliphatic heterocycles. The van der Waals surface area contributed by atoms with Crippen molar-refractivity contribution >= 4 is 11.8 Å². The van der Waals surface area contributed by atoms with Crippen molar-refractivity contribution in [2.24, 2.45) is 0 Å². The molecule has 0 radical (unpaired) electrons. The molecular weight excluding hydrogens is 226 g/mol. The van der Waals surface area contributed by atoms with Crippen molar-refractivity contribution in [1.82, 2.24) is 5.32 Å². The summed E-state index contributed by atoms with van der Waals surface area (Å²) < 4.78 is 0. The monoisotopic (exact) mass is 253 g/mol. The Kier molecular flexibility index (Phi) is 5.93. The first-order valence-corrected chi connectivity index (χ1v) is 8.63. The lowest BCUT2D eigenvalue weighted by molar-refractivity contribution is 0.349. The van der Waals surface area contributed by atoms with Gasteiger partial charge < -0.3 is 5.32 Å². The van der Waals surface area contributed by atoms with Crippen LogP contribution >= 0.6 is 11.8 Å². The van der Waals surface area contributed by atoms with Crippen molar-refractivity contribution in [3.8, 4) is 0 Å². The van der Waals surface area contributed by atoms with Crippen LogP contribution < -0.4 is 5.32 Å². The van der Waals surface area contributed by atoms with E-state index in [4.69, 9.17) is 0 Å². The average Bonchev–Trinajstić information content (AvgIpc) is 2.33. The van der Waals surface area contributed by atoms with Gasteiger partial charge in [0.25, 0.3) is 0 Å². The van der Waals surface area contributed by atoms with Crippen LogP contribution in [0.3, 0.4) is 0 Å². The standard InChI is InChI=1S/C15H27NS/c1-17-15-11-7-10-14(12-15)16-13-8-5-3-2-4-6-9-13/h5,8,13-16H,2-4,6-7,9-12H2,1H3/b8-5+. The molecule has 0 spiro atoms. The van der Waals surface area contributed by atoms with Crippen molar-refractivity contribution < 1.29 is 0 Å². The van der Waals surface area contributed by atoms with Gasteiger partial charge in [0.15, 0.2) is 0 Å². The molecular formula is C15H27NS. The lowest BCUT2D eigenvalue weighted by atomic mass is 9.93. The highest BCUT2D eigenvalue weighted by Gasteiger charge is 2.22. The smallest absolute Gasteiger partial charge is 0.0252 e. The number of hydrogen-bond donors (Lipinski definition) is 1. The minimum Gasteiger partial charge on any atom is -0.308 e. The lowest BCUT2D eigenvalue weighted by Crippen LogP contribution is -2.41. The van der Waals surface area contributed by atoms with Crippen LogP contribution in [0.4, 0.5) is 0 Å². The summed E-state index contributed by atoms with van der Waals surface area (Å²) in [7, 11) is 0. The molecule has 0 saturated heterocycles. The molecule has 1 saturated carbocycles. The third-order valence-corrected chi connectivity index (χ3v) is 5.26. The van der Waals surface area contributed by atoms with Crippen molar-refractivity contribution in [1.29, 1.82) is 0 Å². The zero-order valence-electron chi connectivity index (χ0n) is 11.2. The summed E-state index contributed by atoms with van der Waals surface area (Å²) >= 11 is 2.06. The Morgan fingerprint density at radius 1 is 1.06 bits per heavy atom. The van der Waals surface area contributed by atoms with Crippen LogP contribution in [0.25, 0.3) is 0 Å². The molecule has 3 atom stereocenters. The topological polar surface area (TPSA) is 12.0 Å². The molecule has 3 unspecified atom stereocenters. The first-order chi connectivity index (χ1) is 8.38. The summed E-state index contributed by atoms with van der Waals surface area (Å²) in [5, 5.41) is 4.79. The van der Waals surface area contributed by atoms with Gasteiger partial charge in [-0.15, -0.1) is 0 Å². The zero-order valence-corrected chi connectivity index (χ0v) is 12.0. The molecule has 0 aromatic heterocycles. The maximum absolute atomic E-state index is 3.89. The average molecular weight is 253 g/mol. The Balaban J connectivity index is 1.79. The van der Waals surface area contributed by atoms with E-state index in [2.05, 4.69) is 35.5 Å². The van der Waals surface area contributed by atoms with Gasteiger partial charge in [-0.2, -0.15) is 11.8 Å². The Morgan fingerprint density at radius 3 is 2.88 bits per heavy atom. The zero-order chi connectivity index (χ0) is 11.9. The number of nitrogens with one attached hydrogen (secondary N) is 1. The highest BCUT2D eigenvalue weighted by atomic mass is 32.2. The molecule has 0 amide bonds. The van der Waals surface area contributed by atoms with E-state index in [1.165, 1.54) is 57.8 Å². The Labute approximate surface area is 111 Å². The van der Waals surface area contributed by atoms with Gasteiger partial charge >= 0.3 is 0 Å². The van der Waals surface area contributed by atoms with Gasteiger partial charge in [-0.1, -0.05) is 31.4 Å². The van der Waals surface area contributed by atoms with Crippen molar-refractivity contribution in [2.75, 3.05) is 6.26 Å². The molecule has 0 aromatic carbocycles. The van der Waals surface area contributed by atoms with Gasteiger partial charge in [0, 0.05) is 17.3 Å². The lowest BCUT2D eigenvalue weighted by Gasteiger charge is -2.31. The number of thioether (sulfide) groups is 1. The largest absolute Gasteiger partial charge is 0.308 e. The molecule has 0 heterocycles. The van der Waals surface area contributed by atoms with Crippen LogP contribution in [0.1, 0.15) is 57.8 Å². The van der Waals surface area contributed by atoms with Gasteiger partial charge in [-0.05, 0) is 44.8 Å². The van der Waals surface area contributed by atoms with Crippen LogP contribution in [0, 0.1) is 0 Å². The van der Waals surface area contributed by atoms with E-state index < -0.39 is 0 Å². The van der Waals surface area contributed by atoms with Crippen LogP contribution in [0.2, 0.25) is 0 Å². The van der Waals surface area contributed by atoms with Crippen molar-refractivity contribution in [2.45, 2.75) is 75.1 Å². The molecule has 2 rings (SSSR count). The van der Waals surface area contributed by atoms with E-state index in [1.807, 2.05) is 0 Å². The highest BCUT2D eigenvalue weighted by Crippen LogP contribution is 2.27.